The molecule has 1 aromatic rings. The molecule has 0 spiro atoms. The summed E-state index contributed by atoms with van der Waals surface area (Å²) in [5.41, 5.74) is 7.30. The molecule has 0 aliphatic rings. The number of aryl methyl sites for hydroxylation is 1. The Morgan fingerprint density at radius 3 is 2.71 bits per heavy atom. The van der Waals surface area contributed by atoms with E-state index in [1.165, 1.54) is 7.11 Å². The molecule has 0 saturated carbocycles. The van der Waals surface area contributed by atoms with Crippen molar-refractivity contribution in [2.24, 2.45) is 5.73 Å². The van der Waals surface area contributed by atoms with Gasteiger partial charge in [0.1, 0.15) is 11.8 Å². The van der Waals surface area contributed by atoms with Crippen molar-refractivity contribution in [1.29, 1.82) is 0 Å². The van der Waals surface area contributed by atoms with Crippen molar-refractivity contribution in [2.75, 3.05) is 13.7 Å². The zero-order valence-corrected chi connectivity index (χ0v) is 10.9. The van der Waals surface area contributed by atoms with Gasteiger partial charge in [-0.1, -0.05) is 11.6 Å². The van der Waals surface area contributed by atoms with Crippen LogP contribution in [-0.4, -0.2) is 19.7 Å². The van der Waals surface area contributed by atoms with Crippen molar-refractivity contribution in [1.82, 2.24) is 0 Å². The van der Waals surface area contributed by atoms with Gasteiger partial charge < -0.3 is 15.2 Å². The lowest BCUT2D eigenvalue weighted by atomic mass is 10.0. The molecule has 0 radical (unpaired) electrons. The van der Waals surface area contributed by atoms with E-state index in [0.29, 0.717) is 22.9 Å². The van der Waals surface area contributed by atoms with Gasteiger partial charge in [-0.05, 0) is 37.1 Å². The molecule has 94 valence electrons. The Bertz CT molecular complexity index is 420. The fourth-order valence-electron chi connectivity index (χ4n) is 1.52. The molecule has 0 amide bonds. The van der Waals surface area contributed by atoms with E-state index in [9.17, 15) is 4.79 Å². The summed E-state index contributed by atoms with van der Waals surface area (Å²) in [6, 6.07) is 2.56. The van der Waals surface area contributed by atoms with Crippen molar-refractivity contribution in [3.8, 4) is 5.75 Å². The number of carbonyl (C=O) groups excluding carboxylic acids is 1. The van der Waals surface area contributed by atoms with E-state index in [4.69, 9.17) is 26.8 Å². The van der Waals surface area contributed by atoms with Crippen LogP contribution in [0.3, 0.4) is 0 Å². The van der Waals surface area contributed by atoms with Gasteiger partial charge in [0, 0.05) is 0 Å². The number of hydrogen-bond donors (Lipinski definition) is 1. The van der Waals surface area contributed by atoms with E-state index in [2.05, 4.69) is 0 Å². The van der Waals surface area contributed by atoms with Crippen LogP contribution in [-0.2, 0) is 9.53 Å². The number of methoxy groups -OCH3 is 1. The Morgan fingerprint density at radius 2 is 2.18 bits per heavy atom. The van der Waals surface area contributed by atoms with Gasteiger partial charge in [0.15, 0.2) is 0 Å². The molecule has 1 atom stereocenters. The molecule has 0 aliphatic heterocycles. The first-order chi connectivity index (χ1) is 8.01. The summed E-state index contributed by atoms with van der Waals surface area (Å²) in [5.74, 6) is 0.0980. The number of nitrogens with two attached hydrogens (primary N) is 1. The zero-order chi connectivity index (χ0) is 13.0. The molecule has 1 rings (SSSR count). The quantitative estimate of drug-likeness (QED) is 0.840. The van der Waals surface area contributed by atoms with Gasteiger partial charge >= 0.3 is 5.97 Å². The third-order valence-corrected chi connectivity index (χ3v) is 2.71. The normalized spacial score (nSPS) is 12.1. The number of carbonyl (C=O) groups is 1. The molecular formula is C12H16ClNO3. The van der Waals surface area contributed by atoms with Gasteiger partial charge in [-0.3, -0.25) is 0 Å². The number of benzene rings is 1. The van der Waals surface area contributed by atoms with Crippen LogP contribution in [0, 0.1) is 6.92 Å². The molecule has 0 bridgehead atoms. The highest BCUT2D eigenvalue weighted by atomic mass is 35.5. The topological polar surface area (TPSA) is 61.5 Å². The highest BCUT2D eigenvalue weighted by Crippen LogP contribution is 2.30. The first-order valence-corrected chi connectivity index (χ1v) is 5.65. The van der Waals surface area contributed by atoms with E-state index < -0.39 is 12.0 Å². The van der Waals surface area contributed by atoms with Crippen molar-refractivity contribution in [3.63, 3.8) is 0 Å². The molecule has 1 unspecified atom stereocenters. The number of ether oxygens (including phenoxy) is 2. The lowest BCUT2D eigenvalue weighted by Gasteiger charge is -2.15. The minimum absolute atomic E-state index is 0.301. The van der Waals surface area contributed by atoms with E-state index in [-0.39, 0.29) is 0 Å². The Morgan fingerprint density at radius 1 is 1.53 bits per heavy atom. The van der Waals surface area contributed by atoms with E-state index in [1.807, 2.05) is 6.92 Å². The monoisotopic (exact) mass is 257 g/mol. The minimum Gasteiger partial charge on any atom is -0.495 e. The van der Waals surface area contributed by atoms with Crippen LogP contribution < -0.4 is 10.5 Å². The van der Waals surface area contributed by atoms with Gasteiger partial charge in [-0.15, -0.1) is 0 Å². The van der Waals surface area contributed by atoms with E-state index in [0.717, 1.165) is 5.56 Å². The second-order valence-corrected chi connectivity index (χ2v) is 3.98. The van der Waals surface area contributed by atoms with Gasteiger partial charge in [0.2, 0.25) is 0 Å². The molecule has 5 heteroatoms. The smallest absolute Gasteiger partial charge is 0.327 e. The number of rotatable bonds is 4. The maximum atomic E-state index is 11.5. The van der Waals surface area contributed by atoms with Crippen LogP contribution in [0.5, 0.6) is 5.75 Å². The highest BCUT2D eigenvalue weighted by molar-refractivity contribution is 6.32. The highest BCUT2D eigenvalue weighted by Gasteiger charge is 2.20. The van der Waals surface area contributed by atoms with Crippen LogP contribution in [0.1, 0.15) is 24.1 Å². The Hall–Kier alpha value is -1.26. The van der Waals surface area contributed by atoms with Crippen LogP contribution in [0.4, 0.5) is 0 Å². The Kier molecular flexibility index (Phi) is 4.78. The van der Waals surface area contributed by atoms with Crippen molar-refractivity contribution >= 4 is 17.6 Å². The van der Waals surface area contributed by atoms with Gasteiger partial charge in [0.25, 0.3) is 0 Å². The molecule has 0 fully saturated rings. The molecule has 0 heterocycles. The molecule has 0 aliphatic carbocycles. The first-order valence-electron chi connectivity index (χ1n) is 5.27. The van der Waals surface area contributed by atoms with Crippen LogP contribution >= 0.6 is 11.6 Å². The lowest BCUT2D eigenvalue weighted by molar-refractivity contribution is -0.144. The average molecular weight is 258 g/mol. The predicted octanol–water partition coefficient (Wildman–Crippen LogP) is 2.22. The van der Waals surface area contributed by atoms with Crippen molar-refractivity contribution in [3.05, 3.63) is 28.3 Å². The molecule has 0 aromatic heterocycles. The van der Waals surface area contributed by atoms with Gasteiger partial charge in [-0.2, -0.15) is 0 Å². The number of halogens is 1. The molecule has 17 heavy (non-hydrogen) atoms. The van der Waals surface area contributed by atoms with E-state index in [1.54, 1.807) is 19.1 Å². The first kappa shape index (κ1) is 13.8. The molecule has 4 nitrogen and oxygen atoms in total. The largest absolute Gasteiger partial charge is 0.495 e. The second-order valence-electron chi connectivity index (χ2n) is 3.57. The molecule has 0 saturated heterocycles. The number of hydrogen-bond acceptors (Lipinski definition) is 4. The van der Waals surface area contributed by atoms with Crippen LogP contribution in [0.25, 0.3) is 0 Å². The maximum absolute atomic E-state index is 11.5. The Balaban J connectivity index is 3.06. The minimum atomic E-state index is -0.821. The molecule has 1 aromatic carbocycles. The number of esters is 1. The average Bonchev–Trinajstić information content (AvgIpc) is 2.31. The van der Waals surface area contributed by atoms with Crippen molar-refractivity contribution in [2.45, 2.75) is 19.9 Å². The standard InChI is InChI=1S/C12H16ClNO3/c1-4-17-12(15)11(14)8-6-9(13)10(16-3)5-7(8)2/h5-6,11H,4,14H2,1-3H3. The fraction of sp³-hybridized carbons (Fsp3) is 0.417. The maximum Gasteiger partial charge on any atom is 0.327 e. The summed E-state index contributed by atoms with van der Waals surface area (Å²) in [6.45, 7) is 3.88. The summed E-state index contributed by atoms with van der Waals surface area (Å²) >= 11 is 5.99. The SMILES string of the molecule is CCOC(=O)C(N)c1cc(Cl)c(OC)cc1C. The predicted molar refractivity (Wildman–Crippen MR) is 66.3 cm³/mol. The third-order valence-electron chi connectivity index (χ3n) is 2.42. The van der Waals surface area contributed by atoms with Gasteiger partial charge in [0.05, 0.1) is 18.7 Å². The third kappa shape index (κ3) is 3.11. The van der Waals surface area contributed by atoms with Crippen LogP contribution in [0.15, 0.2) is 12.1 Å². The summed E-state index contributed by atoms with van der Waals surface area (Å²) in [5, 5.41) is 0.424. The zero-order valence-electron chi connectivity index (χ0n) is 10.1. The Labute approximate surface area is 106 Å². The lowest BCUT2D eigenvalue weighted by Crippen LogP contribution is -2.24. The second kappa shape index (κ2) is 5.89. The van der Waals surface area contributed by atoms with E-state index >= 15 is 0 Å². The van der Waals surface area contributed by atoms with Crippen LogP contribution in [0.2, 0.25) is 5.02 Å². The summed E-state index contributed by atoms with van der Waals surface area (Å²) in [7, 11) is 1.53. The summed E-state index contributed by atoms with van der Waals surface area (Å²) in [6.07, 6.45) is 0. The molecule has 2 N–H and O–H groups in total. The fourth-order valence-corrected chi connectivity index (χ4v) is 1.77. The van der Waals surface area contributed by atoms with Crippen molar-refractivity contribution < 1.29 is 14.3 Å². The summed E-state index contributed by atoms with van der Waals surface area (Å²) < 4.78 is 9.95. The van der Waals surface area contributed by atoms with Gasteiger partial charge in [-0.25, -0.2) is 4.79 Å². The summed E-state index contributed by atoms with van der Waals surface area (Å²) in [4.78, 5) is 11.5. The molecular weight excluding hydrogens is 242 g/mol.